The summed E-state index contributed by atoms with van der Waals surface area (Å²) >= 11 is 0. The van der Waals surface area contributed by atoms with E-state index in [0.29, 0.717) is 26.4 Å². The predicted molar refractivity (Wildman–Crippen MR) is 165 cm³/mol. The lowest BCUT2D eigenvalue weighted by Gasteiger charge is -2.52. The lowest BCUT2D eigenvalue weighted by atomic mass is 9.85. The summed E-state index contributed by atoms with van der Waals surface area (Å²) in [7, 11) is 0. The fourth-order valence-corrected chi connectivity index (χ4v) is 5.52. The Labute approximate surface area is 253 Å². The molecule has 0 saturated carbocycles. The molecule has 1 fully saturated rings. The Morgan fingerprint density at radius 3 is 1.72 bits per heavy atom. The number of benzene rings is 3. The summed E-state index contributed by atoms with van der Waals surface area (Å²) in [5, 5.41) is 3.97. The van der Waals surface area contributed by atoms with Gasteiger partial charge >= 0.3 is 5.97 Å². The number of ether oxygens (including phenoxy) is 4. The Morgan fingerprint density at radius 1 is 0.814 bits per heavy atom. The van der Waals surface area contributed by atoms with Crippen LogP contribution in [0.5, 0.6) is 0 Å². The van der Waals surface area contributed by atoms with E-state index in [4.69, 9.17) is 18.9 Å². The van der Waals surface area contributed by atoms with Gasteiger partial charge in [-0.3, -0.25) is 9.69 Å². The van der Waals surface area contributed by atoms with E-state index >= 15 is 0 Å². The van der Waals surface area contributed by atoms with Crippen LogP contribution in [-0.4, -0.2) is 61.0 Å². The topological polar surface area (TPSA) is 106 Å². The summed E-state index contributed by atoms with van der Waals surface area (Å²) < 4.78 is 25.4. The lowest BCUT2D eigenvalue weighted by molar-refractivity contribution is -0.221. The van der Waals surface area contributed by atoms with Crippen molar-refractivity contribution in [1.29, 1.82) is 0 Å². The molecule has 0 aliphatic carbocycles. The monoisotopic (exact) mass is 584 g/mol. The van der Waals surface area contributed by atoms with Gasteiger partial charge in [0.1, 0.15) is 18.3 Å². The SMILES string of the molecule is C=CCN1[C@@H](CC(=O)OCC)[C@H](OCc2ccccc2)[C@@H](OCc2ccccc2)[C@H](OCc2ccccc2)[C@@H]1CN=[N+]=[N-]. The number of hydrogen-bond donors (Lipinski definition) is 0. The van der Waals surface area contributed by atoms with Crippen LogP contribution in [-0.2, 0) is 43.6 Å². The maximum Gasteiger partial charge on any atom is 0.307 e. The van der Waals surface area contributed by atoms with E-state index in [0.717, 1.165) is 16.7 Å². The molecule has 0 radical (unpaired) electrons. The molecule has 1 heterocycles. The van der Waals surface area contributed by atoms with Gasteiger partial charge in [0.25, 0.3) is 0 Å². The molecule has 9 nitrogen and oxygen atoms in total. The van der Waals surface area contributed by atoms with Gasteiger partial charge in [-0.2, -0.15) is 0 Å². The standard InChI is InChI=1S/C34H40N4O5/c1-3-20-38-29(21-31(39)40-4-2)32(41-23-26-14-8-5-9-15-26)34(43-25-28-18-12-7-13-19-28)33(30(38)22-36-37-35)42-24-27-16-10-6-11-17-27/h3,5-19,29-30,32-34H,1,4,20-25H2,2H3/t29-,30-,32-,33+,34+/m0/s1. The molecule has 4 rings (SSSR count). The first-order valence-corrected chi connectivity index (χ1v) is 14.6. The Bertz CT molecular complexity index is 1300. The number of likely N-dealkylation sites (tertiary alicyclic amines) is 1. The van der Waals surface area contributed by atoms with Crippen molar-refractivity contribution in [2.24, 2.45) is 5.11 Å². The fraction of sp³-hybridized carbons (Fsp3) is 0.382. The van der Waals surface area contributed by atoms with Gasteiger partial charge in [0.2, 0.25) is 0 Å². The summed E-state index contributed by atoms with van der Waals surface area (Å²) in [6, 6.07) is 28.8. The quantitative estimate of drug-likeness (QED) is 0.0648. The van der Waals surface area contributed by atoms with E-state index in [2.05, 4.69) is 21.5 Å². The summed E-state index contributed by atoms with van der Waals surface area (Å²) in [6.07, 6.45) is 0.0799. The third-order valence-electron chi connectivity index (χ3n) is 7.47. The minimum absolute atomic E-state index is 0.0600. The molecular weight excluding hydrogens is 544 g/mol. The van der Waals surface area contributed by atoms with Gasteiger partial charge in [-0.25, -0.2) is 0 Å². The molecule has 0 N–H and O–H groups in total. The van der Waals surface area contributed by atoms with Crippen LogP contribution in [0.4, 0.5) is 0 Å². The first-order chi connectivity index (χ1) is 21.1. The summed E-state index contributed by atoms with van der Waals surface area (Å²) in [5.74, 6) is -0.345. The maximum absolute atomic E-state index is 13.0. The van der Waals surface area contributed by atoms with Gasteiger partial charge in [0.05, 0.1) is 32.8 Å². The molecule has 0 bridgehead atoms. The zero-order valence-corrected chi connectivity index (χ0v) is 24.6. The third-order valence-corrected chi connectivity index (χ3v) is 7.47. The van der Waals surface area contributed by atoms with Crippen LogP contribution in [0.15, 0.2) is 109 Å². The van der Waals surface area contributed by atoms with Crippen molar-refractivity contribution >= 4 is 5.97 Å². The fourth-order valence-electron chi connectivity index (χ4n) is 5.52. The molecule has 43 heavy (non-hydrogen) atoms. The lowest BCUT2D eigenvalue weighted by Crippen LogP contribution is -2.69. The van der Waals surface area contributed by atoms with E-state index in [1.165, 1.54) is 0 Å². The molecule has 9 heteroatoms. The van der Waals surface area contributed by atoms with Gasteiger partial charge in [-0.15, -0.1) is 6.58 Å². The second-order valence-corrected chi connectivity index (χ2v) is 10.3. The highest BCUT2D eigenvalue weighted by molar-refractivity contribution is 5.70. The Morgan fingerprint density at radius 2 is 1.28 bits per heavy atom. The smallest absolute Gasteiger partial charge is 0.307 e. The van der Waals surface area contributed by atoms with E-state index in [-0.39, 0.29) is 25.5 Å². The van der Waals surface area contributed by atoms with E-state index in [1.54, 1.807) is 13.0 Å². The van der Waals surface area contributed by atoms with Gasteiger partial charge in [-0.1, -0.05) is 102 Å². The minimum atomic E-state index is -0.605. The summed E-state index contributed by atoms with van der Waals surface area (Å²) in [6.45, 7) is 7.49. The number of azide groups is 1. The van der Waals surface area contributed by atoms with Gasteiger partial charge < -0.3 is 18.9 Å². The highest BCUT2D eigenvalue weighted by atomic mass is 16.6. The zero-order chi connectivity index (χ0) is 30.3. The Kier molecular flexibility index (Phi) is 12.8. The summed E-state index contributed by atoms with van der Waals surface area (Å²) in [4.78, 5) is 18.1. The van der Waals surface area contributed by atoms with Crippen molar-refractivity contribution in [1.82, 2.24) is 4.90 Å². The van der Waals surface area contributed by atoms with Gasteiger partial charge in [-0.05, 0) is 29.1 Å². The number of rotatable bonds is 16. The Hall–Kier alpha value is -3.98. The Balaban J connectivity index is 1.76. The molecule has 0 spiro atoms. The second kappa shape index (κ2) is 17.2. The first kappa shape index (κ1) is 31.9. The van der Waals surface area contributed by atoms with Gasteiger partial charge in [0.15, 0.2) is 0 Å². The molecule has 1 aliphatic heterocycles. The molecular formula is C34H40N4O5. The van der Waals surface area contributed by atoms with Gasteiger partial charge in [0, 0.05) is 30.1 Å². The molecule has 3 aromatic rings. The predicted octanol–water partition coefficient (Wildman–Crippen LogP) is 6.24. The number of nitrogens with zero attached hydrogens (tertiary/aromatic N) is 4. The number of carbonyl (C=O) groups excluding carboxylic acids is 1. The summed E-state index contributed by atoms with van der Waals surface area (Å²) in [5.41, 5.74) is 12.3. The van der Waals surface area contributed by atoms with Crippen LogP contribution in [0.2, 0.25) is 0 Å². The molecule has 0 unspecified atom stereocenters. The van der Waals surface area contributed by atoms with E-state index < -0.39 is 30.4 Å². The highest BCUT2D eigenvalue weighted by Gasteiger charge is 2.51. The van der Waals surface area contributed by atoms with Crippen LogP contribution in [0.25, 0.3) is 10.4 Å². The van der Waals surface area contributed by atoms with Crippen molar-refractivity contribution in [3.63, 3.8) is 0 Å². The number of carbonyl (C=O) groups is 1. The van der Waals surface area contributed by atoms with E-state index in [9.17, 15) is 10.3 Å². The van der Waals surface area contributed by atoms with Crippen LogP contribution in [0.3, 0.4) is 0 Å². The molecule has 1 saturated heterocycles. The van der Waals surface area contributed by atoms with Crippen LogP contribution in [0, 0.1) is 0 Å². The minimum Gasteiger partial charge on any atom is -0.466 e. The number of esters is 1. The normalized spacial score (nSPS) is 21.9. The van der Waals surface area contributed by atoms with Crippen LogP contribution in [0.1, 0.15) is 30.0 Å². The zero-order valence-electron chi connectivity index (χ0n) is 24.6. The average molecular weight is 585 g/mol. The maximum atomic E-state index is 13.0. The average Bonchev–Trinajstić information content (AvgIpc) is 3.04. The van der Waals surface area contributed by atoms with Crippen molar-refractivity contribution < 1.29 is 23.7 Å². The van der Waals surface area contributed by atoms with Crippen LogP contribution >= 0.6 is 0 Å². The molecule has 5 atom stereocenters. The van der Waals surface area contributed by atoms with Crippen LogP contribution < -0.4 is 0 Å². The van der Waals surface area contributed by atoms with Crippen molar-refractivity contribution in [2.75, 3.05) is 19.7 Å². The highest BCUT2D eigenvalue weighted by Crippen LogP contribution is 2.34. The number of piperidine rings is 1. The van der Waals surface area contributed by atoms with Crippen molar-refractivity contribution in [3.05, 3.63) is 131 Å². The molecule has 226 valence electrons. The molecule has 1 aliphatic rings. The first-order valence-electron chi connectivity index (χ1n) is 14.6. The second-order valence-electron chi connectivity index (χ2n) is 10.3. The third kappa shape index (κ3) is 9.25. The van der Waals surface area contributed by atoms with Crippen molar-refractivity contribution in [3.8, 4) is 0 Å². The largest absolute Gasteiger partial charge is 0.466 e. The van der Waals surface area contributed by atoms with E-state index in [1.807, 2.05) is 91.0 Å². The molecule has 0 amide bonds. The molecule has 3 aromatic carbocycles. The number of hydrogen-bond acceptors (Lipinski definition) is 7. The molecule has 0 aromatic heterocycles. The van der Waals surface area contributed by atoms with Crippen molar-refractivity contribution in [2.45, 2.75) is 63.6 Å².